The molecule has 0 radical (unpaired) electrons. The van der Waals surface area contributed by atoms with E-state index in [9.17, 15) is 4.79 Å². The van der Waals surface area contributed by atoms with E-state index >= 15 is 0 Å². The Hall–Kier alpha value is -0.410. The topological polar surface area (TPSA) is 35.5 Å². The average molecular weight is 144 g/mol. The highest BCUT2D eigenvalue weighted by Gasteiger charge is 2.31. The van der Waals surface area contributed by atoms with Gasteiger partial charge in [-0.1, -0.05) is 6.92 Å². The van der Waals surface area contributed by atoms with E-state index in [4.69, 9.17) is 9.47 Å². The number of hydrogen-bond acceptors (Lipinski definition) is 3. The Morgan fingerprint density at radius 3 is 2.80 bits per heavy atom. The molecule has 10 heavy (non-hydrogen) atoms. The number of ketones is 1. The molecular formula is C7H12O3. The molecular weight excluding hydrogens is 132 g/mol. The van der Waals surface area contributed by atoms with E-state index < -0.39 is 0 Å². The first-order chi connectivity index (χ1) is 4.77. The molecule has 0 amide bonds. The fourth-order valence-electron chi connectivity index (χ4n) is 1.07. The fourth-order valence-corrected chi connectivity index (χ4v) is 1.07. The summed E-state index contributed by atoms with van der Waals surface area (Å²) in [5.74, 6) is 0.161. The van der Waals surface area contributed by atoms with Crippen LogP contribution in [-0.4, -0.2) is 25.3 Å². The predicted octanol–water partition coefficient (Wildman–Crippen LogP) is 0.727. The van der Waals surface area contributed by atoms with E-state index in [0.29, 0.717) is 6.42 Å². The van der Waals surface area contributed by atoms with Crippen molar-refractivity contribution in [2.75, 3.05) is 7.11 Å². The van der Waals surface area contributed by atoms with E-state index in [1.165, 1.54) is 0 Å². The van der Waals surface area contributed by atoms with Gasteiger partial charge in [-0.25, -0.2) is 0 Å². The molecule has 0 aromatic heterocycles. The standard InChI is InChI=1S/C7H12O3/c1-3-6-5(8)4-7(9-2)10-6/h6-7H,3-4H2,1-2H3. The molecule has 0 aromatic carbocycles. The zero-order chi connectivity index (χ0) is 7.56. The largest absolute Gasteiger partial charge is 0.355 e. The molecule has 0 bridgehead atoms. The monoisotopic (exact) mass is 144 g/mol. The highest BCUT2D eigenvalue weighted by atomic mass is 16.7. The number of carbonyl (C=O) groups excluding carboxylic acids is 1. The number of hydrogen-bond donors (Lipinski definition) is 0. The summed E-state index contributed by atoms with van der Waals surface area (Å²) in [5.41, 5.74) is 0. The van der Waals surface area contributed by atoms with Crippen molar-refractivity contribution in [2.45, 2.75) is 32.2 Å². The van der Waals surface area contributed by atoms with Crippen molar-refractivity contribution < 1.29 is 14.3 Å². The Kier molecular flexibility index (Phi) is 2.40. The summed E-state index contributed by atoms with van der Waals surface area (Å²) >= 11 is 0. The predicted molar refractivity (Wildman–Crippen MR) is 35.6 cm³/mol. The highest BCUT2D eigenvalue weighted by molar-refractivity contribution is 5.84. The normalized spacial score (nSPS) is 33.2. The minimum absolute atomic E-state index is 0.161. The summed E-state index contributed by atoms with van der Waals surface area (Å²) in [6.45, 7) is 1.93. The van der Waals surface area contributed by atoms with Crippen molar-refractivity contribution in [3.63, 3.8) is 0 Å². The summed E-state index contributed by atoms with van der Waals surface area (Å²) < 4.78 is 10.1. The van der Waals surface area contributed by atoms with Crippen LogP contribution in [0.1, 0.15) is 19.8 Å². The average Bonchev–Trinajstić information content (AvgIpc) is 2.30. The number of methoxy groups -OCH3 is 1. The van der Waals surface area contributed by atoms with Crippen molar-refractivity contribution in [3.8, 4) is 0 Å². The van der Waals surface area contributed by atoms with Gasteiger partial charge in [0.25, 0.3) is 0 Å². The Labute approximate surface area is 60.3 Å². The molecule has 3 nitrogen and oxygen atoms in total. The van der Waals surface area contributed by atoms with Crippen LogP contribution in [0.5, 0.6) is 0 Å². The Bertz CT molecular complexity index is 133. The first kappa shape index (κ1) is 7.69. The molecule has 1 saturated heterocycles. The van der Waals surface area contributed by atoms with Crippen LogP contribution in [0.3, 0.4) is 0 Å². The molecule has 1 rings (SSSR count). The molecule has 2 unspecified atom stereocenters. The number of carbonyl (C=O) groups is 1. The van der Waals surface area contributed by atoms with Gasteiger partial charge in [0.15, 0.2) is 12.1 Å². The second kappa shape index (κ2) is 3.12. The lowest BCUT2D eigenvalue weighted by atomic mass is 10.2. The highest BCUT2D eigenvalue weighted by Crippen LogP contribution is 2.18. The zero-order valence-electron chi connectivity index (χ0n) is 6.29. The van der Waals surface area contributed by atoms with Gasteiger partial charge < -0.3 is 9.47 Å². The molecule has 1 aliphatic rings. The lowest BCUT2D eigenvalue weighted by Crippen LogP contribution is -2.14. The lowest BCUT2D eigenvalue weighted by molar-refractivity contribution is -0.129. The Morgan fingerprint density at radius 2 is 2.50 bits per heavy atom. The molecule has 2 atom stereocenters. The van der Waals surface area contributed by atoms with E-state index in [1.54, 1.807) is 7.11 Å². The molecule has 0 saturated carbocycles. The van der Waals surface area contributed by atoms with Gasteiger partial charge in [0, 0.05) is 7.11 Å². The van der Waals surface area contributed by atoms with Crippen molar-refractivity contribution in [2.24, 2.45) is 0 Å². The summed E-state index contributed by atoms with van der Waals surface area (Å²) in [5, 5.41) is 0. The summed E-state index contributed by atoms with van der Waals surface area (Å²) in [7, 11) is 1.55. The number of Topliss-reactive ketones (excluding diaryl/α,β-unsaturated/α-hetero) is 1. The SMILES string of the molecule is CCC1OC(OC)CC1=O. The summed E-state index contributed by atoms with van der Waals surface area (Å²) in [6, 6.07) is 0. The second-order valence-corrected chi connectivity index (χ2v) is 2.37. The van der Waals surface area contributed by atoms with Gasteiger partial charge in [0.1, 0.15) is 6.10 Å². The van der Waals surface area contributed by atoms with Gasteiger partial charge in [0.2, 0.25) is 0 Å². The summed E-state index contributed by atoms with van der Waals surface area (Å²) in [6.07, 6.45) is 0.649. The van der Waals surface area contributed by atoms with Crippen molar-refractivity contribution in [1.29, 1.82) is 0 Å². The third-order valence-electron chi connectivity index (χ3n) is 1.68. The van der Waals surface area contributed by atoms with Crippen LogP contribution in [-0.2, 0) is 14.3 Å². The van der Waals surface area contributed by atoms with Crippen LogP contribution in [0.4, 0.5) is 0 Å². The van der Waals surface area contributed by atoms with Crippen LogP contribution in [0.15, 0.2) is 0 Å². The van der Waals surface area contributed by atoms with Crippen LogP contribution < -0.4 is 0 Å². The van der Waals surface area contributed by atoms with Crippen LogP contribution in [0.2, 0.25) is 0 Å². The maximum Gasteiger partial charge on any atom is 0.166 e. The van der Waals surface area contributed by atoms with E-state index in [0.717, 1.165) is 6.42 Å². The first-order valence-electron chi connectivity index (χ1n) is 3.49. The molecule has 1 heterocycles. The maximum atomic E-state index is 11.0. The van der Waals surface area contributed by atoms with Gasteiger partial charge >= 0.3 is 0 Å². The van der Waals surface area contributed by atoms with Gasteiger partial charge in [-0.2, -0.15) is 0 Å². The zero-order valence-corrected chi connectivity index (χ0v) is 6.29. The lowest BCUT2D eigenvalue weighted by Gasteiger charge is -2.07. The van der Waals surface area contributed by atoms with Crippen molar-refractivity contribution in [1.82, 2.24) is 0 Å². The van der Waals surface area contributed by atoms with Crippen LogP contribution in [0.25, 0.3) is 0 Å². The number of rotatable bonds is 2. The first-order valence-corrected chi connectivity index (χ1v) is 3.49. The molecule has 0 spiro atoms. The minimum atomic E-state index is -0.294. The quantitative estimate of drug-likeness (QED) is 0.573. The Morgan fingerprint density at radius 1 is 1.80 bits per heavy atom. The number of ether oxygens (including phenoxy) is 2. The van der Waals surface area contributed by atoms with E-state index in [2.05, 4.69) is 0 Å². The molecule has 0 aliphatic carbocycles. The molecule has 3 heteroatoms. The van der Waals surface area contributed by atoms with E-state index in [-0.39, 0.29) is 18.2 Å². The van der Waals surface area contributed by atoms with Gasteiger partial charge in [0.05, 0.1) is 6.42 Å². The van der Waals surface area contributed by atoms with Crippen LogP contribution >= 0.6 is 0 Å². The molecule has 1 fully saturated rings. The molecule has 1 aliphatic heterocycles. The van der Waals surface area contributed by atoms with Crippen LogP contribution in [0, 0.1) is 0 Å². The van der Waals surface area contributed by atoms with E-state index in [1.807, 2.05) is 6.92 Å². The maximum absolute atomic E-state index is 11.0. The Balaban J connectivity index is 2.44. The third kappa shape index (κ3) is 1.36. The fraction of sp³-hybridized carbons (Fsp3) is 0.857. The smallest absolute Gasteiger partial charge is 0.166 e. The minimum Gasteiger partial charge on any atom is -0.355 e. The molecule has 0 aromatic rings. The summed E-state index contributed by atoms with van der Waals surface area (Å²) in [4.78, 5) is 11.0. The van der Waals surface area contributed by atoms with Gasteiger partial charge in [-0.3, -0.25) is 4.79 Å². The third-order valence-corrected chi connectivity index (χ3v) is 1.68. The van der Waals surface area contributed by atoms with Crippen molar-refractivity contribution in [3.05, 3.63) is 0 Å². The van der Waals surface area contributed by atoms with Gasteiger partial charge in [-0.05, 0) is 6.42 Å². The molecule has 0 N–H and O–H groups in total. The van der Waals surface area contributed by atoms with Crippen molar-refractivity contribution >= 4 is 5.78 Å². The second-order valence-electron chi connectivity index (χ2n) is 2.37. The van der Waals surface area contributed by atoms with Gasteiger partial charge in [-0.15, -0.1) is 0 Å². The molecule has 58 valence electrons.